The van der Waals surface area contributed by atoms with Crippen LogP contribution >= 0.6 is 34.2 Å². The molecule has 0 amide bonds. The maximum Gasteiger partial charge on any atom is 0.141 e. The van der Waals surface area contributed by atoms with Gasteiger partial charge in [-0.15, -0.1) is 11.6 Å². The highest BCUT2D eigenvalue weighted by Crippen LogP contribution is 2.20. The van der Waals surface area contributed by atoms with E-state index in [-0.39, 0.29) is 21.7 Å². The van der Waals surface area contributed by atoms with Crippen molar-refractivity contribution in [3.63, 3.8) is 0 Å². The van der Waals surface area contributed by atoms with Gasteiger partial charge in [-0.2, -0.15) is 0 Å². The third kappa shape index (κ3) is 3.73. The quantitative estimate of drug-likeness (QED) is 0.498. The topological polar surface area (TPSA) is 32.3 Å². The zero-order valence-corrected chi connectivity index (χ0v) is 10.5. The van der Waals surface area contributed by atoms with Crippen molar-refractivity contribution in [1.82, 2.24) is 0 Å². The Kier molecular flexibility index (Phi) is 5.01. The molecule has 0 fully saturated rings. The molecule has 1 aromatic carbocycles. The van der Waals surface area contributed by atoms with Gasteiger partial charge in [0.25, 0.3) is 0 Å². The normalized spacial score (nSPS) is 12.6. The van der Waals surface area contributed by atoms with Crippen molar-refractivity contribution in [1.29, 1.82) is 0 Å². The lowest BCUT2D eigenvalue weighted by molar-refractivity contribution is 0.211. The molecule has 1 unspecified atom stereocenters. The fraction of sp³-hybridized carbons (Fsp3) is 0.333. The number of hydrogen-bond acceptors (Lipinski definition) is 2. The van der Waals surface area contributed by atoms with E-state index in [1.807, 2.05) is 0 Å². The summed E-state index contributed by atoms with van der Waals surface area (Å²) in [5.41, 5.74) is 0.287. The average molecular weight is 348 g/mol. The summed E-state index contributed by atoms with van der Waals surface area (Å²) in [7, 11) is 0. The maximum absolute atomic E-state index is 13.1. The minimum atomic E-state index is -0.739. The van der Waals surface area contributed by atoms with E-state index < -0.39 is 17.7 Å². The summed E-state index contributed by atoms with van der Waals surface area (Å²) in [4.78, 5) is 0. The van der Waals surface area contributed by atoms with Crippen LogP contribution in [-0.2, 0) is 0 Å². The molecule has 2 N–H and O–H groups in total. The van der Waals surface area contributed by atoms with E-state index in [1.54, 1.807) is 22.6 Å². The molecule has 0 bridgehead atoms. The molecule has 15 heavy (non-hydrogen) atoms. The van der Waals surface area contributed by atoms with Crippen LogP contribution in [0.3, 0.4) is 0 Å². The largest absolute Gasteiger partial charge is 0.390 e. The van der Waals surface area contributed by atoms with Crippen LogP contribution in [0.2, 0.25) is 0 Å². The van der Waals surface area contributed by atoms with Gasteiger partial charge in [-0.25, -0.2) is 8.78 Å². The van der Waals surface area contributed by atoms with Crippen LogP contribution in [0.4, 0.5) is 14.5 Å². The first-order chi connectivity index (χ1) is 7.04. The number of benzene rings is 1. The standard InChI is InChI=1S/C9H9ClF2INO/c10-3-6(15)4-14-5-1-7(11)9(13)8(12)2-5/h1-2,6,14-15H,3-4H2. The van der Waals surface area contributed by atoms with Gasteiger partial charge in [-0.05, 0) is 34.7 Å². The summed E-state index contributed by atoms with van der Waals surface area (Å²) in [6.45, 7) is 0.156. The first-order valence-corrected chi connectivity index (χ1v) is 5.78. The molecule has 0 aromatic heterocycles. The second-order valence-electron chi connectivity index (χ2n) is 2.94. The van der Waals surface area contributed by atoms with Gasteiger partial charge >= 0.3 is 0 Å². The molecule has 0 aliphatic heterocycles. The van der Waals surface area contributed by atoms with Crippen LogP contribution in [0, 0.1) is 15.2 Å². The Morgan fingerprint density at radius 2 is 1.93 bits per heavy atom. The number of halogens is 4. The highest BCUT2D eigenvalue weighted by atomic mass is 127. The van der Waals surface area contributed by atoms with Crippen LogP contribution in [0.1, 0.15) is 0 Å². The van der Waals surface area contributed by atoms with Gasteiger partial charge in [0, 0.05) is 12.2 Å². The van der Waals surface area contributed by atoms with Gasteiger partial charge in [-0.1, -0.05) is 0 Å². The van der Waals surface area contributed by atoms with Gasteiger partial charge in [0.2, 0.25) is 0 Å². The minimum absolute atomic E-state index is 0.0453. The summed E-state index contributed by atoms with van der Waals surface area (Å²) < 4.78 is 26.1. The lowest BCUT2D eigenvalue weighted by Gasteiger charge is -2.10. The van der Waals surface area contributed by atoms with Crippen molar-refractivity contribution >= 4 is 39.9 Å². The van der Waals surface area contributed by atoms with E-state index >= 15 is 0 Å². The van der Waals surface area contributed by atoms with E-state index in [4.69, 9.17) is 16.7 Å². The van der Waals surface area contributed by atoms with Crippen LogP contribution in [0.25, 0.3) is 0 Å². The Labute approximate surface area is 105 Å². The third-order valence-corrected chi connectivity index (χ3v) is 3.09. The Balaban J connectivity index is 2.70. The first kappa shape index (κ1) is 12.9. The third-order valence-electron chi connectivity index (χ3n) is 1.70. The molecular weight excluding hydrogens is 338 g/mol. The molecule has 1 aromatic rings. The summed E-state index contributed by atoms with van der Waals surface area (Å²) >= 11 is 6.95. The number of rotatable bonds is 4. The number of hydrogen-bond donors (Lipinski definition) is 2. The Bertz CT molecular complexity index is 328. The molecule has 0 aliphatic carbocycles. The van der Waals surface area contributed by atoms with Crippen molar-refractivity contribution in [3.8, 4) is 0 Å². The monoisotopic (exact) mass is 347 g/mol. The molecule has 0 aliphatic rings. The van der Waals surface area contributed by atoms with E-state index in [9.17, 15) is 8.78 Å². The second kappa shape index (κ2) is 5.81. The van der Waals surface area contributed by atoms with Crippen LogP contribution in [-0.4, -0.2) is 23.6 Å². The van der Waals surface area contributed by atoms with Crippen molar-refractivity contribution in [2.75, 3.05) is 17.7 Å². The molecule has 84 valence electrons. The molecule has 1 atom stereocenters. The highest BCUT2D eigenvalue weighted by molar-refractivity contribution is 14.1. The molecule has 0 radical (unpaired) electrons. The number of aliphatic hydroxyl groups excluding tert-OH is 1. The number of aliphatic hydroxyl groups is 1. The minimum Gasteiger partial charge on any atom is -0.390 e. The summed E-state index contributed by atoms with van der Waals surface area (Å²) in [6, 6.07) is 2.34. The van der Waals surface area contributed by atoms with E-state index in [0.29, 0.717) is 0 Å². The molecule has 0 heterocycles. The lowest BCUT2D eigenvalue weighted by atomic mass is 10.3. The van der Waals surface area contributed by atoms with E-state index in [0.717, 1.165) is 0 Å². The molecule has 0 saturated carbocycles. The number of anilines is 1. The van der Waals surface area contributed by atoms with Gasteiger partial charge < -0.3 is 10.4 Å². The molecule has 6 heteroatoms. The van der Waals surface area contributed by atoms with E-state index in [1.165, 1.54) is 12.1 Å². The van der Waals surface area contributed by atoms with Crippen molar-refractivity contribution in [2.45, 2.75) is 6.10 Å². The summed E-state index contributed by atoms with van der Waals surface area (Å²) in [6.07, 6.45) is -0.739. The van der Waals surface area contributed by atoms with Gasteiger partial charge in [-0.3, -0.25) is 0 Å². The molecule has 0 spiro atoms. The molecule has 0 saturated heterocycles. The van der Waals surface area contributed by atoms with Gasteiger partial charge in [0.15, 0.2) is 0 Å². The lowest BCUT2D eigenvalue weighted by Crippen LogP contribution is -2.20. The average Bonchev–Trinajstić information content (AvgIpc) is 2.22. The Morgan fingerprint density at radius 3 is 2.40 bits per heavy atom. The van der Waals surface area contributed by atoms with E-state index in [2.05, 4.69) is 5.32 Å². The van der Waals surface area contributed by atoms with Crippen LogP contribution in [0.15, 0.2) is 12.1 Å². The molecular formula is C9H9ClF2INO. The number of alkyl halides is 1. The van der Waals surface area contributed by atoms with Crippen molar-refractivity contribution < 1.29 is 13.9 Å². The predicted octanol–water partition coefficient (Wildman–Crippen LogP) is 2.58. The van der Waals surface area contributed by atoms with Crippen LogP contribution in [0.5, 0.6) is 0 Å². The first-order valence-electron chi connectivity index (χ1n) is 4.17. The zero-order chi connectivity index (χ0) is 11.4. The highest BCUT2D eigenvalue weighted by Gasteiger charge is 2.08. The summed E-state index contributed by atoms with van der Waals surface area (Å²) in [5, 5.41) is 11.8. The van der Waals surface area contributed by atoms with Crippen molar-refractivity contribution in [3.05, 3.63) is 27.3 Å². The predicted molar refractivity (Wildman–Crippen MR) is 64.3 cm³/mol. The Hall–Kier alpha value is -0.140. The smallest absolute Gasteiger partial charge is 0.141 e. The fourth-order valence-corrected chi connectivity index (χ4v) is 1.37. The Morgan fingerprint density at radius 1 is 1.40 bits per heavy atom. The van der Waals surface area contributed by atoms with Gasteiger partial charge in [0.05, 0.1) is 15.6 Å². The second-order valence-corrected chi connectivity index (χ2v) is 4.33. The maximum atomic E-state index is 13.1. The fourth-order valence-electron chi connectivity index (χ4n) is 0.948. The summed E-state index contributed by atoms with van der Waals surface area (Å²) in [5.74, 6) is -1.18. The molecule has 2 nitrogen and oxygen atoms in total. The number of nitrogens with one attached hydrogen (secondary N) is 1. The van der Waals surface area contributed by atoms with Crippen molar-refractivity contribution in [2.24, 2.45) is 0 Å². The zero-order valence-electron chi connectivity index (χ0n) is 7.61. The van der Waals surface area contributed by atoms with Crippen LogP contribution < -0.4 is 5.32 Å². The molecule has 1 rings (SSSR count). The van der Waals surface area contributed by atoms with Gasteiger partial charge in [0.1, 0.15) is 11.6 Å². The SMILES string of the molecule is OC(CCl)CNc1cc(F)c(I)c(F)c1.